The van der Waals surface area contributed by atoms with Crippen LogP contribution in [0.25, 0.3) is 0 Å². The Morgan fingerprint density at radius 2 is 1.87 bits per heavy atom. The summed E-state index contributed by atoms with van der Waals surface area (Å²) in [5.41, 5.74) is 1.15. The molecule has 0 saturated heterocycles. The number of nitrogens with zero attached hydrogens (tertiary/aromatic N) is 3. The summed E-state index contributed by atoms with van der Waals surface area (Å²) in [5.74, 6) is 2.59. The predicted octanol–water partition coefficient (Wildman–Crippen LogP) is 3.27. The lowest BCUT2D eigenvalue weighted by molar-refractivity contribution is 0.0686. The Hall–Kier alpha value is -2.54. The van der Waals surface area contributed by atoms with Gasteiger partial charge in [0.25, 0.3) is 11.1 Å². The van der Waals surface area contributed by atoms with Crippen molar-refractivity contribution < 1.29 is 13.9 Å². The second-order valence-electron chi connectivity index (χ2n) is 4.91. The van der Waals surface area contributed by atoms with Gasteiger partial charge in [0.1, 0.15) is 6.61 Å². The first-order chi connectivity index (χ1) is 11.4. The van der Waals surface area contributed by atoms with Crippen LogP contribution in [0.15, 0.2) is 58.4 Å². The third-order valence-corrected chi connectivity index (χ3v) is 4.21. The standard InChI is InChI=1S/C16H13N3O3S/c1-2-4-13-12(3-1)20-9-14(21-13)15-18-19-16(22-15)23-10-11-5-7-17-8-6-11/h1-8,14H,9-10H2. The van der Waals surface area contributed by atoms with Crippen molar-refractivity contribution in [3.63, 3.8) is 0 Å². The van der Waals surface area contributed by atoms with Crippen molar-refractivity contribution in [2.75, 3.05) is 6.61 Å². The van der Waals surface area contributed by atoms with Gasteiger partial charge in [0.05, 0.1) is 0 Å². The average Bonchev–Trinajstić information content (AvgIpc) is 3.09. The van der Waals surface area contributed by atoms with E-state index in [1.807, 2.05) is 36.4 Å². The van der Waals surface area contributed by atoms with Crippen LogP contribution in [0.4, 0.5) is 0 Å². The van der Waals surface area contributed by atoms with Gasteiger partial charge in [0.2, 0.25) is 6.10 Å². The van der Waals surface area contributed by atoms with Crippen LogP contribution in [-0.2, 0) is 5.75 Å². The molecule has 0 spiro atoms. The summed E-state index contributed by atoms with van der Waals surface area (Å²) in [4.78, 5) is 3.99. The van der Waals surface area contributed by atoms with E-state index in [2.05, 4.69) is 15.2 Å². The van der Waals surface area contributed by atoms with E-state index in [1.54, 1.807) is 12.4 Å². The summed E-state index contributed by atoms with van der Waals surface area (Å²) in [6.07, 6.45) is 3.15. The van der Waals surface area contributed by atoms with E-state index >= 15 is 0 Å². The zero-order valence-electron chi connectivity index (χ0n) is 12.1. The van der Waals surface area contributed by atoms with Gasteiger partial charge in [-0.3, -0.25) is 4.98 Å². The molecule has 4 rings (SSSR count). The van der Waals surface area contributed by atoms with Crippen LogP contribution in [0.1, 0.15) is 17.6 Å². The number of aromatic nitrogens is 3. The zero-order valence-corrected chi connectivity index (χ0v) is 12.9. The monoisotopic (exact) mass is 327 g/mol. The number of thioether (sulfide) groups is 1. The number of ether oxygens (including phenoxy) is 2. The van der Waals surface area contributed by atoms with Gasteiger partial charge in [0, 0.05) is 18.1 Å². The van der Waals surface area contributed by atoms with Crippen molar-refractivity contribution in [3.8, 4) is 11.5 Å². The molecular formula is C16H13N3O3S. The molecule has 1 aliphatic rings. The molecule has 0 bridgehead atoms. The molecule has 1 atom stereocenters. The minimum atomic E-state index is -0.382. The molecule has 2 aromatic heterocycles. The van der Waals surface area contributed by atoms with Crippen LogP contribution in [-0.4, -0.2) is 21.8 Å². The molecular weight excluding hydrogens is 314 g/mol. The molecule has 1 aliphatic heterocycles. The molecule has 3 heterocycles. The van der Waals surface area contributed by atoms with Gasteiger partial charge in [-0.1, -0.05) is 23.9 Å². The van der Waals surface area contributed by atoms with E-state index in [4.69, 9.17) is 13.9 Å². The van der Waals surface area contributed by atoms with Gasteiger partial charge in [-0.05, 0) is 29.8 Å². The summed E-state index contributed by atoms with van der Waals surface area (Å²) in [6, 6.07) is 11.4. The third-order valence-electron chi connectivity index (χ3n) is 3.32. The highest BCUT2D eigenvalue weighted by Gasteiger charge is 2.27. The van der Waals surface area contributed by atoms with E-state index in [-0.39, 0.29) is 6.10 Å². The van der Waals surface area contributed by atoms with E-state index in [9.17, 15) is 0 Å². The second-order valence-corrected chi connectivity index (χ2v) is 5.84. The van der Waals surface area contributed by atoms with Crippen LogP contribution in [0, 0.1) is 0 Å². The van der Waals surface area contributed by atoms with Crippen molar-refractivity contribution in [3.05, 3.63) is 60.2 Å². The Kier molecular flexibility index (Phi) is 3.85. The molecule has 0 N–H and O–H groups in total. The van der Waals surface area contributed by atoms with E-state index in [0.29, 0.717) is 23.5 Å². The topological polar surface area (TPSA) is 70.3 Å². The maximum Gasteiger partial charge on any atom is 0.277 e. The Bertz CT molecular complexity index is 794. The van der Waals surface area contributed by atoms with Crippen molar-refractivity contribution >= 4 is 11.8 Å². The number of pyridine rings is 1. The van der Waals surface area contributed by atoms with Gasteiger partial charge in [-0.25, -0.2) is 0 Å². The highest BCUT2D eigenvalue weighted by molar-refractivity contribution is 7.98. The maximum absolute atomic E-state index is 5.86. The number of hydrogen-bond donors (Lipinski definition) is 0. The van der Waals surface area contributed by atoms with E-state index < -0.39 is 0 Å². The molecule has 0 saturated carbocycles. The fourth-order valence-corrected chi connectivity index (χ4v) is 2.90. The van der Waals surface area contributed by atoms with Crippen LogP contribution < -0.4 is 9.47 Å². The number of fused-ring (bicyclic) bond motifs is 1. The maximum atomic E-state index is 5.86. The summed E-state index contributed by atoms with van der Waals surface area (Å²) in [7, 11) is 0. The highest BCUT2D eigenvalue weighted by atomic mass is 32.2. The van der Waals surface area contributed by atoms with Gasteiger partial charge in [-0.2, -0.15) is 0 Å². The van der Waals surface area contributed by atoms with Crippen LogP contribution in [0.2, 0.25) is 0 Å². The first kappa shape index (κ1) is 14.1. The molecule has 1 unspecified atom stereocenters. The smallest absolute Gasteiger partial charge is 0.277 e. The van der Waals surface area contributed by atoms with Crippen molar-refractivity contribution in [1.82, 2.24) is 15.2 Å². The fourth-order valence-electron chi connectivity index (χ4n) is 2.17. The van der Waals surface area contributed by atoms with Crippen molar-refractivity contribution in [2.45, 2.75) is 17.1 Å². The molecule has 0 radical (unpaired) electrons. The minimum Gasteiger partial charge on any atom is -0.485 e. The van der Waals surface area contributed by atoms with E-state index in [0.717, 1.165) is 17.1 Å². The molecule has 23 heavy (non-hydrogen) atoms. The normalized spacial score (nSPS) is 16.3. The van der Waals surface area contributed by atoms with Gasteiger partial charge in [-0.15, -0.1) is 10.2 Å². The Morgan fingerprint density at radius 1 is 1.04 bits per heavy atom. The van der Waals surface area contributed by atoms with Crippen LogP contribution in [0.3, 0.4) is 0 Å². The lowest BCUT2D eigenvalue weighted by atomic mass is 10.2. The Morgan fingerprint density at radius 3 is 2.74 bits per heavy atom. The lowest BCUT2D eigenvalue weighted by Gasteiger charge is -2.23. The number of benzene rings is 1. The summed E-state index contributed by atoms with van der Waals surface area (Å²) in [6.45, 7) is 0.355. The van der Waals surface area contributed by atoms with Gasteiger partial charge in [0.15, 0.2) is 11.5 Å². The Balaban J connectivity index is 1.42. The number of para-hydroxylation sites is 2. The first-order valence-corrected chi connectivity index (χ1v) is 8.10. The first-order valence-electron chi connectivity index (χ1n) is 7.12. The van der Waals surface area contributed by atoms with E-state index in [1.165, 1.54) is 11.8 Å². The molecule has 7 heteroatoms. The molecule has 1 aromatic carbocycles. The molecule has 0 fully saturated rings. The zero-order chi connectivity index (χ0) is 15.5. The molecule has 3 aromatic rings. The number of rotatable bonds is 4. The molecule has 116 valence electrons. The fraction of sp³-hybridized carbons (Fsp3) is 0.188. The van der Waals surface area contributed by atoms with Crippen molar-refractivity contribution in [1.29, 1.82) is 0 Å². The molecule has 0 aliphatic carbocycles. The minimum absolute atomic E-state index is 0.355. The number of hydrogen-bond acceptors (Lipinski definition) is 7. The lowest BCUT2D eigenvalue weighted by Crippen LogP contribution is -2.21. The third kappa shape index (κ3) is 3.14. The van der Waals surface area contributed by atoms with Crippen LogP contribution >= 0.6 is 11.8 Å². The van der Waals surface area contributed by atoms with Crippen LogP contribution in [0.5, 0.6) is 11.5 Å². The Labute approximate surface area is 136 Å². The highest BCUT2D eigenvalue weighted by Crippen LogP contribution is 2.36. The largest absolute Gasteiger partial charge is 0.485 e. The molecule has 6 nitrogen and oxygen atoms in total. The molecule has 0 amide bonds. The quantitative estimate of drug-likeness (QED) is 0.681. The van der Waals surface area contributed by atoms with Gasteiger partial charge >= 0.3 is 0 Å². The second kappa shape index (κ2) is 6.29. The summed E-state index contributed by atoms with van der Waals surface area (Å²) >= 11 is 1.48. The van der Waals surface area contributed by atoms with Crippen molar-refractivity contribution in [2.24, 2.45) is 0 Å². The average molecular weight is 327 g/mol. The predicted molar refractivity (Wildman–Crippen MR) is 83.4 cm³/mol. The van der Waals surface area contributed by atoms with Gasteiger partial charge < -0.3 is 13.9 Å². The SMILES string of the molecule is c1ccc2c(c1)OCC(c1nnc(SCc3ccncc3)o1)O2. The summed E-state index contributed by atoms with van der Waals surface area (Å²) < 4.78 is 17.2. The summed E-state index contributed by atoms with van der Waals surface area (Å²) in [5, 5.41) is 8.64.